The molecule has 0 bridgehead atoms. The highest BCUT2D eigenvalue weighted by Crippen LogP contribution is 2.39. The summed E-state index contributed by atoms with van der Waals surface area (Å²) in [7, 11) is 0. The van der Waals surface area contributed by atoms with Crippen molar-refractivity contribution >= 4 is 30.0 Å². The molecule has 2 aliphatic rings. The molecule has 0 unspecified atom stereocenters. The summed E-state index contributed by atoms with van der Waals surface area (Å²) in [6.45, 7) is 4.22. The molecule has 2 aromatic rings. The summed E-state index contributed by atoms with van der Waals surface area (Å²) < 4.78 is 6.30. The van der Waals surface area contributed by atoms with Gasteiger partial charge in [0.25, 0.3) is 0 Å². The number of rotatable bonds is 7. The number of fused-ring (bicyclic) bond motifs is 1. The van der Waals surface area contributed by atoms with Crippen molar-refractivity contribution in [3.05, 3.63) is 65.7 Å². The number of ketones is 1. The molecular weight excluding hydrogens is 478 g/mol. The van der Waals surface area contributed by atoms with Gasteiger partial charge in [0, 0.05) is 25.9 Å². The maximum absolute atomic E-state index is 13.5. The zero-order valence-corrected chi connectivity index (χ0v) is 21.8. The van der Waals surface area contributed by atoms with Gasteiger partial charge < -0.3 is 20.7 Å². The number of aryl methyl sites for hydroxylation is 1. The number of ether oxygens (including phenoxy) is 1. The molecule has 2 aliphatic heterocycles. The fourth-order valence-corrected chi connectivity index (χ4v) is 4.83. The predicted octanol–water partition coefficient (Wildman–Crippen LogP) is 3.68. The zero-order valence-electron chi connectivity index (χ0n) is 21.0. The van der Waals surface area contributed by atoms with Crippen molar-refractivity contribution in [3.63, 3.8) is 0 Å². The molecule has 2 heterocycles. The number of carbonyl (C=O) groups is 3. The summed E-state index contributed by atoms with van der Waals surface area (Å²) in [6.07, 6.45) is 3.59. The smallest absolute Gasteiger partial charge is 0.245 e. The summed E-state index contributed by atoms with van der Waals surface area (Å²) in [5, 5.41) is 2.89. The lowest BCUT2D eigenvalue weighted by Gasteiger charge is -2.44. The first-order valence-corrected chi connectivity index (χ1v) is 12.4. The van der Waals surface area contributed by atoms with E-state index in [-0.39, 0.29) is 30.0 Å². The molecule has 0 saturated carbocycles. The van der Waals surface area contributed by atoms with Gasteiger partial charge in [0.15, 0.2) is 5.78 Å². The van der Waals surface area contributed by atoms with Gasteiger partial charge in [-0.2, -0.15) is 0 Å². The molecule has 1 spiro atoms. The lowest BCUT2D eigenvalue weighted by Crippen LogP contribution is -2.59. The highest BCUT2D eigenvalue weighted by molar-refractivity contribution is 6.00. The third-order valence-electron chi connectivity index (χ3n) is 6.97. The molecule has 2 amide bonds. The minimum atomic E-state index is -1.08. The van der Waals surface area contributed by atoms with Gasteiger partial charge in [0.05, 0.1) is 17.5 Å². The van der Waals surface area contributed by atoms with E-state index >= 15 is 0 Å². The normalized spacial score (nSPS) is 17.4. The first-order valence-electron chi connectivity index (χ1n) is 12.4. The minimum Gasteiger partial charge on any atom is -0.486 e. The van der Waals surface area contributed by atoms with E-state index in [0.717, 1.165) is 12.8 Å². The fraction of sp³-hybridized carbons (Fsp3) is 0.464. The fourth-order valence-electron chi connectivity index (χ4n) is 4.83. The SMILES string of the molecule is CC(C)(N)C(=O)N[C@H](CCCc1ccccc1)C(=O)N1CCC2(CC1)CC(=O)c1ccccc1O2.Cl. The Labute approximate surface area is 219 Å². The lowest BCUT2D eigenvalue weighted by molar-refractivity contribution is -0.140. The average molecular weight is 514 g/mol. The van der Waals surface area contributed by atoms with Crippen molar-refractivity contribution in [3.8, 4) is 5.75 Å². The van der Waals surface area contributed by atoms with Crippen LogP contribution in [0.25, 0.3) is 0 Å². The Hall–Kier alpha value is -2.90. The third-order valence-corrected chi connectivity index (χ3v) is 6.97. The maximum Gasteiger partial charge on any atom is 0.245 e. The van der Waals surface area contributed by atoms with Crippen LogP contribution in [-0.4, -0.2) is 52.8 Å². The van der Waals surface area contributed by atoms with Gasteiger partial charge >= 0.3 is 0 Å². The van der Waals surface area contributed by atoms with Crippen molar-refractivity contribution < 1.29 is 19.1 Å². The molecule has 0 radical (unpaired) electrons. The van der Waals surface area contributed by atoms with Gasteiger partial charge in [-0.15, -0.1) is 12.4 Å². The van der Waals surface area contributed by atoms with Crippen molar-refractivity contribution in [2.24, 2.45) is 5.73 Å². The number of nitrogens with two attached hydrogens (primary N) is 1. The summed E-state index contributed by atoms with van der Waals surface area (Å²) in [5.74, 6) is 0.262. The number of amides is 2. The van der Waals surface area contributed by atoms with Crippen LogP contribution in [0.2, 0.25) is 0 Å². The number of halogens is 1. The number of hydrogen-bond donors (Lipinski definition) is 2. The maximum atomic E-state index is 13.5. The second kappa shape index (κ2) is 11.4. The first-order chi connectivity index (χ1) is 16.7. The van der Waals surface area contributed by atoms with Crippen molar-refractivity contribution in [1.29, 1.82) is 0 Å². The molecule has 1 atom stereocenters. The van der Waals surface area contributed by atoms with Crippen LogP contribution in [-0.2, 0) is 16.0 Å². The van der Waals surface area contributed by atoms with Crippen LogP contribution in [0.1, 0.15) is 61.9 Å². The van der Waals surface area contributed by atoms with E-state index in [0.29, 0.717) is 50.1 Å². The quantitative estimate of drug-likeness (QED) is 0.588. The number of piperidine rings is 1. The predicted molar refractivity (Wildman–Crippen MR) is 141 cm³/mol. The van der Waals surface area contributed by atoms with Crippen LogP contribution in [0.5, 0.6) is 5.75 Å². The van der Waals surface area contributed by atoms with Gasteiger partial charge in [-0.25, -0.2) is 0 Å². The van der Waals surface area contributed by atoms with Crippen molar-refractivity contribution in [1.82, 2.24) is 10.2 Å². The van der Waals surface area contributed by atoms with Crippen LogP contribution < -0.4 is 15.8 Å². The topological polar surface area (TPSA) is 102 Å². The van der Waals surface area contributed by atoms with Crippen molar-refractivity contribution in [2.75, 3.05) is 13.1 Å². The Bertz CT molecular complexity index is 1080. The number of benzene rings is 2. The summed E-state index contributed by atoms with van der Waals surface area (Å²) in [5.41, 5.74) is 6.16. The van der Waals surface area contributed by atoms with Gasteiger partial charge in [-0.05, 0) is 50.8 Å². The minimum absolute atomic E-state index is 0. The summed E-state index contributed by atoms with van der Waals surface area (Å²) >= 11 is 0. The van der Waals surface area contributed by atoms with E-state index in [1.165, 1.54) is 5.56 Å². The molecule has 3 N–H and O–H groups in total. The molecule has 2 aromatic carbocycles. The second-order valence-corrected chi connectivity index (χ2v) is 10.3. The highest BCUT2D eigenvalue weighted by Gasteiger charge is 2.44. The Balaban J connectivity index is 0.00000361. The van der Waals surface area contributed by atoms with E-state index < -0.39 is 17.2 Å². The molecule has 1 fully saturated rings. The van der Waals surface area contributed by atoms with Crippen LogP contribution in [0, 0.1) is 0 Å². The van der Waals surface area contributed by atoms with E-state index in [9.17, 15) is 14.4 Å². The van der Waals surface area contributed by atoms with Gasteiger partial charge in [0.2, 0.25) is 11.8 Å². The highest BCUT2D eigenvalue weighted by atomic mass is 35.5. The number of Topliss-reactive ketones (excluding diaryl/α,β-unsaturated/α-hetero) is 1. The number of nitrogens with one attached hydrogen (secondary N) is 1. The Morgan fingerprint density at radius 1 is 1.08 bits per heavy atom. The largest absolute Gasteiger partial charge is 0.486 e. The Morgan fingerprint density at radius 3 is 2.39 bits per heavy atom. The number of para-hydroxylation sites is 1. The number of carbonyl (C=O) groups excluding carboxylic acids is 3. The van der Waals surface area contributed by atoms with Crippen LogP contribution >= 0.6 is 12.4 Å². The molecule has 7 nitrogen and oxygen atoms in total. The van der Waals surface area contributed by atoms with Crippen LogP contribution in [0.3, 0.4) is 0 Å². The van der Waals surface area contributed by atoms with Gasteiger partial charge in [-0.3, -0.25) is 14.4 Å². The molecule has 0 aromatic heterocycles. The van der Waals surface area contributed by atoms with E-state index in [1.807, 2.05) is 36.4 Å². The molecule has 0 aliphatic carbocycles. The Morgan fingerprint density at radius 2 is 1.72 bits per heavy atom. The lowest BCUT2D eigenvalue weighted by atomic mass is 9.82. The van der Waals surface area contributed by atoms with E-state index in [4.69, 9.17) is 10.5 Å². The number of likely N-dealkylation sites (tertiary alicyclic amines) is 1. The monoisotopic (exact) mass is 513 g/mol. The average Bonchev–Trinajstić information content (AvgIpc) is 2.83. The molecule has 4 rings (SSSR count). The Kier molecular flexibility index (Phi) is 8.80. The summed E-state index contributed by atoms with van der Waals surface area (Å²) in [4.78, 5) is 40.6. The van der Waals surface area contributed by atoms with Crippen LogP contribution in [0.15, 0.2) is 54.6 Å². The van der Waals surface area contributed by atoms with Crippen molar-refractivity contribution in [2.45, 2.75) is 69.6 Å². The third kappa shape index (κ3) is 6.45. The van der Waals surface area contributed by atoms with Gasteiger partial charge in [0.1, 0.15) is 17.4 Å². The standard InChI is InChI=1S/C28H35N3O4.ClH/c1-27(2,29)26(34)30-22(13-8-11-20-9-4-3-5-10-20)25(33)31-17-15-28(16-18-31)19-23(32)21-12-6-7-14-24(21)35-28;/h3-7,9-10,12,14,22H,8,11,13,15-19,29H2,1-2H3,(H,30,34);1H/t22-;/m1./s1. The second-order valence-electron chi connectivity index (χ2n) is 10.3. The van der Waals surface area contributed by atoms with E-state index in [2.05, 4.69) is 17.4 Å². The molecule has 8 heteroatoms. The number of hydrogen-bond acceptors (Lipinski definition) is 5. The molecule has 1 saturated heterocycles. The molecule has 194 valence electrons. The molecular formula is C28H36ClN3O4. The molecule has 36 heavy (non-hydrogen) atoms. The number of nitrogens with zero attached hydrogens (tertiary/aromatic N) is 1. The van der Waals surface area contributed by atoms with E-state index in [1.54, 1.807) is 24.8 Å². The zero-order chi connectivity index (χ0) is 25.1. The van der Waals surface area contributed by atoms with Gasteiger partial charge in [-0.1, -0.05) is 42.5 Å². The first kappa shape index (κ1) is 27.7. The van der Waals surface area contributed by atoms with Crippen LogP contribution in [0.4, 0.5) is 0 Å². The summed E-state index contributed by atoms with van der Waals surface area (Å²) in [6, 6.07) is 16.8.